The van der Waals surface area contributed by atoms with Gasteiger partial charge in [0.15, 0.2) is 5.69 Å². The van der Waals surface area contributed by atoms with Gasteiger partial charge in [0.1, 0.15) is 23.8 Å². The van der Waals surface area contributed by atoms with Gasteiger partial charge < -0.3 is 19.3 Å². The maximum absolute atomic E-state index is 12.9. The summed E-state index contributed by atoms with van der Waals surface area (Å²) in [4.78, 5) is 21.9. The number of pyridine rings is 2. The second kappa shape index (κ2) is 10.5. The Kier molecular flexibility index (Phi) is 6.78. The van der Waals surface area contributed by atoms with Gasteiger partial charge in [-0.25, -0.2) is 18.6 Å². The Labute approximate surface area is 248 Å². The molecule has 3 aliphatic rings. The predicted molar refractivity (Wildman–Crippen MR) is 154 cm³/mol. The van der Waals surface area contributed by atoms with Crippen molar-refractivity contribution in [2.24, 2.45) is 17.8 Å². The highest BCUT2D eigenvalue weighted by Gasteiger charge is 2.54. The standard InChI is InChI=1S/C30H24Cl2F2N4O4/c31-21-9-35-10-22(32)27(21)28-17(29(42-37-28)14-1-2-14)5-4-16-19-11-38(12-20(16)19)15-3-6-23-18(7-15)25(41-13-26(33)34)8-24(36-23)30(39)40/h3-10,14,16,19-20,26H,1-2,11-13H2,(H,39,40). The van der Waals surface area contributed by atoms with Crippen LogP contribution in [0.2, 0.25) is 10.0 Å². The lowest BCUT2D eigenvalue weighted by molar-refractivity contribution is 0.0689. The molecule has 4 aromatic rings. The van der Waals surface area contributed by atoms with Gasteiger partial charge in [0, 0.05) is 59.7 Å². The number of halogens is 4. The van der Waals surface area contributed by atoms with Crippen LogP contribution >= 0.6 is 23.2 Å². The van der Waals surface area contributed by atoms with E-state index in [9.17, 15) is 18.7 Å². The molecular weight excluding hydrogens is 589 g/mol. The molecule has 7 rings (SSSR count). The van der Waals surface area contributed by atoms with E-state index in [4.69, 9.17) is 32.5 Å². The Balaban J connectivity index is 1.10. The van der Waals surface area contributed by atoms with Crippen molar-refractivity contribution in [2.45, 2.75) is 25.2 Å². The molecule has 3 aromatic heterocycles. The molecule has 0 amide bonds. The normalized spacial score (nSPS) is 21.5. The largest absolute Gasteiger partial charge is 0.487 e. The monoisotopic (exact) mass is 612 g/mol. The number of nitrogens with zero attached hydrogens (tertiary/aromatic N) is 4. The van der Waals surface area contributed by atoms with Gasteiger partial charge >= 0.3 is 5.97 Å². The fourth-order valence-electron chi connectivity index (χ4n) is 5.97. The highest BCUT2D eigenvalue weighted by molar-refractivity contribution is 6.39. The third-order valence-corrected chi connectivity index (χ3v) is 8.82. The quantitative estimate of drug-likeness (QED) is 0.212. The van der Waals surface area contributed by atoms with Crippen LogP contribution in [0, 0.1) is 17.8 Å². The van der Waals surface area contributed by atoms with Crippen LogP contribution in [0.15, 0.2) is 47.3 Å². The number of allylic oxidation sites excluding steroid dienone is 1. The second-order valence-electron chi connectivity index (χ2n) is 10.9. The number of alkyl halides is 2. The smallest absolute Gasteiger partial charge is 0.354 e. The van der Waals surface area contributed by atoms with Gasteiger partial charge in [-0.05, 0) is 48.8 Å². The SMILES string of the molecule is O=C(O)c1cc(OCC(F)F)c2cc(N3CC4C(C=Cc5c(-c6c(Cl)cncc6Cl)noc5C5CC5)C4C3)ccc2n1. The molecule has 0 spiro atoms. The summed E-state index contributed by atoms with van der Waals surface area (Å²) in [5.74, 6) is 1.34. The van der Waals surface area contributed by atoms with Gasteiger partial charge in [0.2, 0.25) is 0 Å². The van der Waals surface area contributed by atoms with E-state index in [0.717, 1.165) is 42.9 Å². The second-order valence-corrected chi connectivity index (χ2v) is 11.8. The minimum Gasteiger partial charge on any atom is -0.487 e. The number of aromatic nitrogens is 3. The van der Waals surface area contributed by atoms with E-state index >= 15 is 0 Å². The highest BCUT2D eigenvalue weighted by Crippen LogP contribution is 2.54. The van der Waals surface area contributed by atoms with Crippen molar-refractivity contribution >= 4 is 51.8 Å². The Bertz CT molecular complexity index is 1710. The summed E-state index contributed by atoms with van der Waals surface area (Å²) in [6, 6.07) is 6.61. The zero-order valence-corrected chi connectivity index (χ0v) is 23.5. The molecule has 3 fully saturated rings. The van der Waals surface area contributed by atoms with Crippen LogP contribution in [0.3, 0.4) is 0 Å². The summed E-state index contributed by atoms with van der Waals surface area (Å²) in [5.41, 5.74) is 3.17. The van der Waals surface area contributed by atoms with Crippen LogP contribution in [0.25, 0.3) is 28.2 Å². The zero-order chi connectivity index (χ0) is 29.1. The third-order valence-electron chi connectivity index (χ3n) is 8.24. The van der Waals surface area contributed by atoms with Gasteiger partial charge in [0.05, 0.1) is 15.6 Å². The van der Waals surface area contributed by atoms with E-state index in [1.165, 1.54) is 6.07 Å². The molecule has 0 bridgehead atoms. The molecule has 2 saturated carbocycles. The number of ether oxygens (including phenoxy) is 1. The molecule has 1 aliphatic heterocycles. The summed E-state index contributed by atoms with van der Waals surface area (Å²) in [7, 11) is 0. The fraction of sp³-hybridized carbons (Fsp3) is 0.333. The van der Waals surface area contributed by atoms with Crippen LogP contribution in [-0.4, -0.2) is 52.3 Å². The first-order chi connectivity index (χ1) is 20.3. The first-order valence-corrected chi connectivity index (χ1v) is 14.3. The maximum Gasteiger partial charge on any atom is 0.354 e. The number of fused-ring (bicyclic) bond motifs is 2. The molecule has 216 valence electrons. The number of hydrogen-bond acceptors (Lipinski definition) is 7. The van der Waals surface area contributed by atoms with Crippen molar-refractivity contribution in [1.82, 2.24) is 15.1 Å². The average molecular weight is 613 g/mol. The van der Waals surface area contributed by atoms with E-state index in [-0.39, 0.29) is 11.4 Å². The van der Waals surface area contributed by atoms with Gasteiger partial charge in [-0.3, -0.25) is 4.98 Å². The average Bonchev–Trinajstić information content (AvgIpc) is 3.83. The number of anilines is 1. The number of carboxylic acid groups (broad SMARTS) is 1. The Morgan fingerprint density at radius 2 is 1.90 bits per heavy atom. The number of rotatable bonds is 9. The summed E-state index contributed by atoms with van der Waals surface area (Å²) >= 11 is 12.9. The topological polar surface area (TPSA) is 102 Å². The molecule has 1 N–H and O–H groups in total. The summed E-state index contributed by atoms with van der Waals surface area (Å²) in [6.45, 7) is 0.820. The minimum atomic E-state index is -2.69. The van der Waals surface area contributed by atoms with Gasteiger partial charge in [-0.15, -0.1) is 0 Å². The minimum absolute atomic E-state index is 0.0788. The molecule has 42 heavy (non-hydrogen) atoms. The Hall–Kier alpha value is -3.76. The van der Waals surface area contributed by atoms with Crippen molar-refractivity contribution in [1.29, 1.82) is 0 Å². The number of piperidine rings is 1. The fourth-order valence-corrected chi connectivity index (χ4v) is 6.51. The molecule has 0 radical (unpaired) electrons. The summed E-state index contributed by atoms with van der Waals surface area (Å²) in [5, 5.41) is 15.0. The lowest BCUT2D eigenvalue weighted by Gasteiger charge is -2.22. The Morgan fingerprint density at radius 1 is 1.17 bits per heavy atom. The van der Waals surface area contributed by atoms with E-state index < -0.39 is 19.0 Å². The number of carbonyl (C=O) groups is 1. The van der Waals surface area contributed by atoms with Crippen molar-refractivity contribution < 1.29 is 27.9 Å². The van der Waals surface area contributed by atoms with Crippen molar-refractivity contribution in [3.05, 3.63) is 69.8 Å². The summed E-state index contributed by atoms with van der Waals surface area (Å²) < 4.78 is 36.8. The van der Waals surface area contributed by atoms with Gasteiger partial charge in [-0.2, -0.15) is 0 Å². The zero-order valence-electron chi connectivity index (χ0n) is 22.0. The first kappa shape index (κ1) is 27.1. The van der Waals surface area contributed by atoms with E-state index in [1.807, 2.05) is 12.1 Å². The number of carboxylic acids is 1. The Morgan fingerprint density at radius 3 is 2.57 bits per heavy atom. The number of aromatic carboxylic acids is 1. The lowest BCUT2D eigenvalue weighted by Crippen LogP contribution is -2.23. The number of benzene rings is 1. The van der Waals surface area contributed by atoms with Crippen molar-refractivity contribution in [3.8, 4) is 17.0 Å². The molecule has 1 aromatic carbocycles. The molecule has 2 aliphatic carbocycles. The summed E-state index contributed by atoms with van der Waals surface area (Å²) in [6.07, 6.45) is 6.84. The van der Waals surface area contributed by atoms with E-state index in [1.54, 1.807) is 18.5 Å². The van der Waals surface area contributed by atoms with Gasteiger partial charge in [0.25, 0.3) is 6.43 Å². The molecule has 4 heterocycles. The van der Waals surface area contributed by atoms with Crippen molar-refractivity contribution in [2.75, 3.05) is 24.6 Å². The van der Waals surface area contributed by atoms with Crippen LogP contribution < -0.4 is 9.64 Å². The molecule has 2 unspecified atom stereocenters. The van der Waals surface area contributed by atoms with E-state index in [0.29, 0.717) is 55.9 Å². The van der Waals surface area contributed by atoms with Gasteiger partial charge in [-0.1, -0.05) is 40.5 Å². The van der Waals surface area contributed by atoms with Crippen LogP contribution in [0.5, 0.6) is 5.75 Å². The first-order valence-electron chi connectivity index (χ1n) is 13.6. The molecular formula is C30H24Cl2F2N4O4. The third kappa shape index (κ3) is 4.96. The molecule has 1 saturated heterocycles. The molecule has 12 heteroatoms. The maximum atomic E-state index is 12.9. The molecule has 8 nitrogen and oxygen atoms in total. The lowest BCUT2D eigenvalue weighted by atomic mass is 10.0. The van der Waals surface area contributed by atoms with Crippen molar-refractivity contribution in [3.63, 3.8) is 0 Å². The van der Waals surface area contributed by atoms with Crippen LogP contribution in [0.4, 0.5) is 14.5 Å². The van der Waals surface area contributed by atoms with E-state index in [2.05, 4.69) is 32.2 Å². The highest BCUT2D eigenvalue weighted by atomic mass is 35.5. The predicted octanol–water partition coefficient (Wildman–Crippen LogP) is 7.21. The molecule has 2 atom stereocenters. The number of hydrogen-bond donors (Lipinski definition) is 1. The van der Waals surface area contributed by atoms with Crippen LogP contribution in [-0.2, 0) is 0 Å². The van der Waals surface area contributed by atoms with Crippen LogP contribution in [0.1, 0.15) is 40.6 Å².